The molecule has 0 aliphatic carbocycles. The number of imide groups is 2. The monoisotopic (exact) mass is 879 g/mol. The van der Waals surface area contributed by atoms with Gasteiger partial charge in [-0.25, -0.2) is 9.59 Å². The maximum Gasteiger partial charge on any atom is 0.325 e. The number of aliphatic hydroxyl groups excluding tert-OH is 4. The number of urea groups is 2. The molecule has 2 atom stereocenters. The number of likely N-dealkylation sites (tertiary alicyclic amines) is 2. The van der Waals surface area contributed by atoms with Crippen molar-refractivity contribution < 1.29 is 49.1 Å². The number of carbonyl (C=O) groups excluding carboxylic acids is 4. The first-order valence-corrected chi connectivity index (χ1v) is 22.1. The second-order valence-corrected chi connectivity index (χ2v) is 21.2. The Bertz CT molecular complexity index is 1840. The molecule has 4 heterocycles. The first-order valence-electron chi connectivity index (χ1n) is 22.1. The summed E-state index contributed by atoms with van der Waals surface area (Å²) < 4.78 is 11.8. The number of nitrogens with zero attached hydrogens (tertiary/aromatic N) is 4. The largest absolute Gasteiger partial charge is 0.491 e. The van der Waals surface area contributed by atoms with Crippen LogP contribution in [0.2, 0.25) is 0 Å². The summed E-state index contributed by atoms with van der Waals surface area (Å²) in [6, 6.07) is 13.9. The highest BCUT2D eigenvalue weighted by Crippen LogP contribution is 2.47. The van der Waals surface area contributed by atoms with Gasteiger partial charge in [-0.15, -0.1) is 0 Å². The maximum absolute atomic E-state index is 13.8. The lowest BCUT2D eigenvalue weighted by molar-refractivity contribution is -0.142. The lowest BCUT2D eigenvalue weighted by atomic mass is 9.69. The van der Waals surface area contributed by atoms with Crippen molar-refractivity contribution >= 4 is 23.9 Å². The van der Waals surface area contributed by atoms with E-state index in [1.165, 1.54) is 0 Å². The van der Waals surface area contributed by atoms with Crippen molar-refractivity contribution in [2.75, 3.05) is 52.6 Å². The molecule has 2 aromatic rings. The van der Waals surface area contributed by atoms with Gasteiger partial charge < -0.3 is 40.5 Å². The summed E-state index contributed by atoms with van der Waals surface area (Å²) in [5.74, 6) is 0.313. The lowest BCUT2D eigenvalue weighted by Crippen LogP contribution is -2.70. The highest BCUT2D eigenvalue weighted by molar-refractivity contribution is 6.08. The van der Waals surface area contributed by atoms with E-state index in [1.54, 1.807) is 0 Å². The van der Waals surface area contributed by atoms with E-state index in [9.17, 15) is 39.6 Å². The molecule has 4 aliphatic rings. The highest BCUT2D eigenvalue weighted by Gasteiger charge is 2.62. The topological polar surface area (TPSA) is 205 Å². The number of β-amino-alcohol motifs (C(OH)–C–C–N with tert-alkyl or cyclic N) is 4. The summed E-state index contributed by atoms with van der Waals surface area (Å²) >= 11 is 0. The molecule has 2 unspecified atom stereocenters. The predicted octanol–water partition coefficient (Wildman–Crippen LogP) is 3.36. The Hall–Kier alpha value is -4.32. The van der Waals surface area contributed by atoms with Crippen LogP contribution in [0.1, 0.15) is 106 Å². The van der Waals surface area contributed by atoms with Crippen LogP contribution >= 0.6 is 0 Å². The quantitative estimate of drug-likeness (QED) is 0.135. The third-order valence-electron chi connectivity index (χ3n) is 13.8. The van der Waals surface area contributed by atoms with Crippen molar-refractivity contribution in [1.82, 2.24) is 30.2 Å². The van der Waals surface area contributed by atoms with Crippen LogP contribution in [0.3, 0.4) is 0 Å². The number of hydrogen-bond donors (Lipinski definition) is 6. The van der Waals surface area contributed by atoms with E-state index in [0.29, 0.717) is 50.3 Å². The minimum atomic E-state index is -1.12. The van der Waals surface area contributed by atoms with Crippen molar-refractivity contribution in [1.29, 1.82) is 0 Å². The summed E-state index contributed by atoms with van der Waals surface area (Å²) in [6.07, 6.45) is -0.742. The molecule has 6 rings (SSSR count). The molecule has 2 spiro atoms. The third-order valence-corrected chi connectivity index (χ3v) is 13.8. The molecule has 348 valence electrons. The van der Waals surface area contributed by atoms with Crippen LogP contribution in [-0.4, -0.2) is 162 Å². The molecule has 16 heteroatoms. The molecule has 0 bridgehead atoms. The minimum Gasteiger partial charge on any atom is -0.491 e. The van der Waals surface area contributed by atoms with Crippen molar-refractivity contribution in [2.45, 2.75) is 146 Å². The van der Waals surface area contributed by atoms with Gasteiger partial charge in [-0.2, -0.15) is 0 Å². The smallest absolute Gasteiger partial charge is 0.325 e. The first kappa shape index (κ1) is 48.1. The number of nitrogens with one attached hydrogen (secondary N) is 2. The fourth-order valence-corrected chi connectivity index (χ4v) is 11.7. The fraction of sp³-hybridized carbons (Fsp3) is 0.660. The number of amides is 6. The van der Waals surface area contributed by atoms with Crippen molar-refractivity contribution in [3.05, 3.63) is 59.7 Å². The molecule has 4 saturated heterocycles. The van der Waals surface area contributed by atoms with E-state index in [4.69, 9.17) is 9.47 Å². The second-order valence-electron chi connectivity index (χ2n) is 21.2. The van der Waals surface area contributed by atoms with Gasteiger partial charge in [0.15, 0.2) is 0 Å². The molecule has 0 aromatic heterocycles. The molecule has 6 amide bonds. The van der Waals surface area contributed by atoms with Crippen LogP contribution in [0.25, 0.3) is 0 Å². The number of aliphatic hydroxyl groups is 4. The Kier molecular flexibility index (Phi) is 13.2. The van der Waals surface area contributed by atoms with Gasteiger partial charge in [-0.05, 0) is 116 Å². The van der Waals surface area contributed by atoms with E-state index in [2.05, 4.69) is 34.3 Å². The average Bonchev–Trinajstić information content (AvgIpc) is 3.52. The molecular formula is C47H70N6O10. The van der Waals surface area contributed by atoms with Gasteiger partial charge in [-0.3, -0.25) is 29.2 Å². The van der Waals surface area contributed by atoms with Crippen LogP contribution in [0.5, 0.6) is 11.5 Å². The zero-order chi connectivity index (χ0) is 46.6. The summed E-state index contributed by atoms with van der Waals surface area (Å²) in [5, 5.41) is 47.1. The Morgan fingerprint density at radius 3 is 1.16 bits per heavy atom. The zero-order valence-corrected chi connectivity index (χ0v) is 38.8. The van der Waals surface area contributed by atoms with E-state index >= 15 is 0 Å². The molecule has 0 radical (unpaired) electrons. The Morgan fingerprint density at radius 2 is 0.873 bits per heavy atom. The normalized spacial score (nSPS) is 23.5. The number of hydrogen-bond acceptors (Lipinski definition) is 12. The molecule has 16 nitrogen and oxygen atoms in total. The molecular weight excluding hydrogens is 809 g/mol. The van der Waals surface area contributed by atoms with Gasteiger partial charge in [0.2, 0.25) is 0 Å². The van der Waals surface area contributed by atoms with Gasteiger partial charge >= 0.3 is 12.1 Å². The molecule has 4 fully saturated rings. The molecule has 63 heavy (non-hydrogen) atoms. The van der Waals surface area contributed by atoms with Crippen molar-refractivity contribution in [3.63, 3.8) is 0 Å². The Morgan fingerprint density at radius 1 is 0.571 bits per heavy atom. The fourth-order valence-electron chi connectivity index (χ4n) is 11.7. The zero-order valence-electron chi connectivity index (χ0n) is 38.8. The number of ether oxygens (including phenoxy) is 2. The number of benzene rings is 2. The van der Waals surface area contributed by atoms with Gasteiger partial charge in [0.25, 0.3) is 11.8 Å². The Balaban J connectivity index is 0.987. The van der Waals surface area contributed by atoms with Gasteiger partial charge in [-0.1, -0.05) is 38.1 Å². The van der Waals surface area contributed by atoms with Gasteiger partial charge in [0, 0.05) is 40.7 Å². The van der Waals surface area contributed by atoms with Crippen LogP contribution < -0.4 is 20.1 Å². The average molecular weight is 879 g/mol. The molecule has 2 aromatic carbocycles. The number of carbonyl (C=O) groups is 4. The van der Waals surface area contributed by atoms with Crippen molar-refractivity contribution in [2.24, 2.45) is 0 Å². The molecule has 4 aliphatic heterocycles. The lowest BCUT2D eigenvalue weighted by Gasteiger charge is -2.57. The first-order chi connectivity index (χ1) is 29.2. The summed E-state index contributed by atoms with van der Waals surface area (Å²) in [6.45, 7) is 20.4. The SMILES string of the molecule is CC(C)(c1ccc(OCC(O)CN2C(=O)NC3(CC(C)(C)N(CCO)C(C)(C)C3)C2=O)cc1)c1ccc(OCC(O)CN2C(=O)NC3(CC(C)(C)N(CCO)C(C)(C)C3)C2=O)cc1. The molecule has 6 N–H and O–H groups in total. The Labute approximate surface area is 371 Å². The number of rotatable bonds is 16. The van der Waals surface area contributed by atoms with E-state index in [0.717, 1.165) is 20.9 Å². The standard InChI is InChI=1S/C47H70N6O10/c1-41(2)27-46(28-42(3,4)52(41)19-21-54)37(58)50(39(60)48-46)23-33(56)25-62-35-15-11-31(12-16-35)45(9,10)32-13-17-36(18-14-32)63-26-34(57)24-51-38(59)47(49-40(51)61)29-43(5,6)53(20-22-55)44(7,8)30-47/h11-18,33-34,54-57H,19-30H2,1-10H3,(H,48,60)(H,49,61). The molecule has 0 saturated carbocycles. The second kappa shape index (κ2) is 17.2. The van der Waals surface area contributed by atoms with Crippen molar-refractivity contribution in [3.8, 4) is 11.5 Å². The van der Waals surface area contributed by atoms with Gasteiger partial charge in [0.1, 0.15) is 48.0 Å². The summed E-state index contributed by atoms with van der Waals surface area (Å²) in [7, 11) is 0. The highest BCUT2D eigenvalue weighted by atomic mass is 16.5. The predicted molar refractivity (Wildman–Crippen MR) is 236 cm³/mol. The van der Waals surface area contributed by atoms with Crippen LogP contribution in [0.15, 0.2) is 48.5 Å². The number of piperidine rings is 2. The van der Waals surface area contributed by atoms with E-state index < -0.39 is 62.9 Å². The van der Waals surface area contributed by atoms with Gasteiger partial charge in [0.05, 0.1) is 26.3 Å². The van der Waals surface area contributed by atoms with E-state index in [1.807, 2.05) is 104 Å². The summed E-state index contributed by atoms with van der Waals surface area (Å²) in [4.78, 5) is 60.4. The third kappa shape index (κ3) is 9.43. The van der Waals surface area contributed by atoms with Crippen LogP contribution in [0.4, 0.5) is 9.59 Å². The maximum atomic E-state index is 13.8. The summed E-state index contributed by atoms with van der Waals surface area (Å²) in [5.41, 5.74) is -2.54. The van der Waals surface area contributed by atoms with E-state index in [-0.39, 0.29) is 51.3 Å². The minimum absolute atomic E-state index is 0.0126. The van der Waals surface area contributed by atoms with Crippen LogP contribution in [0, 0.1) is 0 Å². The van der Waals surface area contributed by atoms with Crippen LogP contribution in [-0.2, 0) is 15.0 Å².